The van der Waals surface area contributed by atoms with Gasteiger partial charge in [-0.1, -0.05) is 319 Å². The summed E-state index contributed by atoms with van der Waals surface area (Å²) < 4.78 is 11.3. The Labute approximate surface area is 494 Å². The minimum atomic E-state index is -1.57. The highest BCUT2D eigenvalue weighted by atomic mass is 16.7. The second-order valence-electron chi connectivity index (χ2n) is 24.3. The van der Waals surface area contributed by atoms with E-state index in [-0.39, 0.29) is 12.5 Å². The Balaban J connectivity index is 2.15. The Morgan fingerprint density at radius 1 is 0.425 bits per heavy atom. The molecule has 0 bridgehead atoms. The van der Waals surface area contributed by atoms with Gasteiger partial charge in [0.25, 0.3) is 0 Å². The first kappa shape index (κ1) is 76.2. The van der Waals surface area contributed by atoms with E-state index in [0.717, 1.165) is 44.9 Å². The third-order valence-corrected chi connectivity index (χ3v) is 16.6. The molecule has 0 aliphatic carbocycles. The molecule has 1 saturated heterocycles. The lowest BCUT2D eigenvalue weighted by molar-refractivity contribution is -0.302. The largest absolute Gasteiger partial charge is 0.394 e. The number of rotatable bonds is 61. The number of carbonyl (C=O) groups excluding carboxylic acids is 1. The summed E-state index contributed by atoms with van der Waals surface area (Å²) >= 11 is 0. The minimum absolute atomic E-state index is 0.184. The molecule has 0 saturated carbocycles. The smallest absolute Gasteiger partial charge is 0.220 e. The standard InChI is InChI=1S/C71H133NO8/c1-3-5-7-9-11-13-15-17-19-21-23-25-27-29-30-31-32-33-34-35-37-38-40-42-44-46-48-50-52-54-56-58-60-65(74)64(63-79-71-70(78)69(77)68(76)66(62-73)80-71)72-67(75)61-59-57-55-53-51-49-47-45-43-41-39-36-28-26-24-22-20-18-16-14-12-10-8-6-4-2/h16,18,22,24,50,52,58,60,64-66,68-71,73-74,76-78H,3-15,17,19-21,23,25-49,51,53-57,59,61-63H2,1-2H3,(H,72,75)/b18-16-,24-22-,52-50+,60-58+. The lowest BCUT2D eigenvalue weighted by Gasteiger charge is -2.40. The molecule has 0 aromatic rings. The normalized spacial score (nSPS) is 18.7. The van der Waals surface area contributed by atoms with Gasteiger partial charge >= 0.3 is 0 Å². The van der Waals surface area contributed by atoms with Crippen LogP contribution in [0, 0.1) is 0 Å². The van der Waals surface area contributed by atoms with Gasteiger partial charge in [0.2, 0.25) is 5.91 Å². The van der Waals surface area contributed by atoms with Crippen molar-refractivity contribution in [3.8, 4) is 0 Å². The molecule has 9 nitrogen and oxygen atoms in total. The van der Waals surface area contributed by atoms with E-state index in [1.165, 1.54) is 276 Å². The first-order valence-electron chi connectivity index (χ1n) is 34.9. The third kappa shape index (κ3) is 48.5. The zero-order valence-corrected chi connectivity index (χ0v) is 52.6. The number of hydrogen-bond donors (Lipinski definition) is 6. The van der Waals surface area contributed by atoms with Crippen molar-refractivity contribution in [1.82, 2.24) is 5.32 Å². The summed E-state index contributed by atoms with van der Waals surface area (Å²) in [7, 11) is 0. The maximum absolute atomic E-state index is 13.1. The molecule has 0 radical (unpaired) electrons. The molecule has 0 aromatic heterocycles. The molecule has 1 rings (SSSR count). The van der Waals surface area contributed by atoms with Crippen LogP contribution >= 0.6 is 0 Å². The molecule has 1 aliphatic rings. The van der Waals surface area contributed by atoms with Crippen LogP contribution < -0.4 is 5.32 Å². The number of carbonyl (C=O) groups is 1. The van der Waals surface area contributed by atoms with E-state index in [9.17, 15) is 30.3 Å². The molecule has 7 atom stereocenters. The van der Waals surface area contributed by atoms with Gasteiger partial charge in [0, 0.05) is 6.42 Å². The quantitative estimate of drug-likeness (QED) is 0.0261. The number of unbranched alkanes of at least 4 members (excludes halogenated alkanes) is 45. The maximum atomic E-state index is 13.1. The number of aliphatic hydroxyl groups is 5. The molecule has 7 unspecified atom stereocenters. The summed E-state index contributed by atoms with van der Waals surface area (Å²) in [4.78, 5) is 13.1. The molecule has 1 aliphatic heterocycles. The zero-order chi connectivity index (χ0) is 57.9. The maximum Gasteiger partial charge on any atom is 0.220 e. The van der Waals surface area contributed by atoms with E-state index < -0.39 is 49.5 Å². The van der Waals surface area contributed by atoms with Gasteiger partial charge in [-0.3, -0.25) is 4.79 Å². The van der Waals surface area contributed by atoms with Crippen LogP contribution in [0.2, 0.25) is 0 Å². The summed E-state index contributed by atoms with van der Waals surface area (Å²) in [5.74, 6) is -0.184. The number of allylic oxidation sites excluding steroid dienone is 7. The third-order valence-electron chi connectivity index (χ3n) is 16.6. The van der Waals surface area contributed by atoms with Crippen LogP contribution in [0.3, 0.4) is 0 Å². The summed E-state index contributed by atoms with van der Waals surface area (Å²) in [6, 6.07) is -0.825. The van der Waals surface area contributed by atoms with Crippen LogP contribution in [0.15, 0.2) is 48.6 Å². The lowest BCUT2D eigenvalue weighted by Crippen LogP contribution is -2.60. The predicted molar refractivity (Wildman–Crippen MR) is 341 cm³/mol. The Kier molecular flexibility index (Phi) is 57.4. The van der Waals surface area contributed by atoms with Crippen molar-refractivity contribution in [1.29, 1.82) is 0 Å². The number of nitrogens with one attached hydrogen (secondary N) is 1. The first-order valence-corrected chi connectivity index (χ1v) is 34.9. The van der Waals surface area contributed by atoms with Crippen LogP contribution in [0.4, 0.5) is 0 Å². The minimum Gasteiger partial charge on any atom is -0.394 e. The van der Waals surface area contributed by atoms with Gasteiger partial charge in [0.05, 0.1) is 25.4 Å². The highest BCUT2D eigenvalue weighted by Gasteiger charge is 2.44. The van der Waals surface area contributed by atoms with Crippen molar-refractivity contribution in [3.63, 3.8) is 0 Å². The lowest BCUT2D eigenvalue weighted by atomic mass is 9.99. The van der Waals surface area contributed by atoms with Gasteiger partial charge in [-0.2, -0.15) is 0 Å². The fourth-order valence-electron chi connectivity index (χ4n) is 11.1. The van der Waals surface area contributed by atoms with Gasteiger partial charge < -0.3 is 40.3 Å². The van der Waals surface area contributed by atoms with Gasteiger partial charge in [0.1, 0.15) is 24.4 Å². The van der Waals surface area contributed by atoms with E-state index >= 15 is 0 Å². The van der Waals surface area contributed by atoms with Crippen LogP contribution in [-0.4, -0.2) is 87.5 Å². The molecule has 0 aromatic carbocycles. The van der Waals surface area contributed by atoms with Crippen LogP contribution in [0.25, 0.3) is 0 Å². The summed E-state index contributed by atoms with van der Waals surface area (Å²) in [6.07, 6.45) is 75.1. The second-order valence-corrected chi connectivity index (χ2v) is 24.3. The van der Waals surface area contributed by atoms with Crippen molar-refractivity contribution < 1.29 is 39.8 Å². The van der Waals surface area contributed by atoms with Crippen molar-refractivity contribution in [3.05, 3.63) is 48.6 Å². The van der Waals surface area contributed by atoms with Gasteiger partial charge in [-0.15, -0.1) is 0 Å². The topological polar surface area (TPSA) is 149 Å². The number of ether oxygens (including phenoxy) is 2. The summed E-state index contributed by atoms with van der Waals surface area (Å²) in [6.45, 7) is 3.80. The van der Waals surface area contributed by atoms with Gasteiger partial charge in [0.15, 0.2) is 6.29 Å². The molecule has 80 heavy (non-hydrogen) atoms. The average Bonchev–Trinajstić information content (AvgIpc) is 3.46. The van der Waals surface area contributed by atoms with Crippen LogP contribution in [0.1, 0.15) is 341 Å². The summed E-state index contributed by atoms with van der Waals surface area (Å²) in [5, 5.41) is 54.7. The molecule has 0 spiro atoms. The first-order chi connectivity index (χ1) is 39.3. The average molecular weight is 1130 g/mol. The van der Waals surface area contributed by atoms with E-state index in [1.807, 2.05) is 6.08 Å². The second kappa shape index (κ2) is 60.3. The monoisotopic (exact) mass is 1130 g/mol. The molecule has 470 valence electrons. The molecule has 9 heteroatoms. The Hall–Kier alpha value is -1.85. The van der Waals surface area contributed by atoms with Crippen LogP contribution in [0.5, 0.6) is 0 Å². The van der Waals surface area contributed by atoms with E-state index in [1.54, 1.807) is 6.08 Å². The van der Waals surface area contributed by atoms with Gasteiger partial charge in [-0.25, -0.2) is 0 Å². The molecular formula is C71H133NO8. The van der Waals surface area contributed by atoms with Gasteiger partial charge in [-0.05, 0) is 64.2 Å². The van der Waals surface area contributed by atoms with E-state index in [4.69, 9.17) is 9.47 Å². The fourth-order valence-corrected chi connectivity index (χ4v) is 11.1. The predicted octanol–water partition coefficient (Wildman–Crippen LogP) is 18.8. The fraction of sp³-hybridized carbons (Fsp3) is 0.873. The number of hydrogen-bond acceptors (Lipinski definition) is 8. The molecule has 6 N–H and O–H groups in total. The van der Waals surface area contributed by atoms with Crippen molar-refractivity contribution in [2.75, 3.05) is 13.2 Å². The Morgan fingerprint density at radius 3 is 1.12 bits per heavy atom. The Bertz CT molecular complexity index is 1400. The molecule has 1 heterocycles. The molecular weight excluding hydrogens is 995 g/mol. The molecule has 1 fully saturated rings. The molecule has 1 amide bonds. The van der Waals surface area contributed by atoms with Crippen molar-refractivity contribution in [2.45, 2.75) is 384 Å². The van der Waals surface area contributed by atoms with E-state index in [2.05, 4.69) is 55.6 Å². The number of aliphatic hydroxyl groups excluding tert-OH is 5. The SMILES string of the molecule is CCCCCCC/C=C\C/C=C\CCCCCCCCCCCCCCCC(=O)NC(COC1OC(CO)C(O)C(O)C1O)C(O)/C=C/CC/C=C/CCCCCCCCCCCCCCCCCCCCCCCCCCCC. The van der Waals surface area contributed by atoms with Crippen LogP contribution in [-0.2, 0) is 14.3 Å². The van der Waals surface area contributed by atoms with E-state index in [0.29, 0.717) is 6.42 Å². The zero-order valence-electron chi connectivity index (χ0n) is 52.6. The van der Waals surface area contributed by atoms with Crippen molar-refractivity contribution >= 4 is 5.91 Å². The highest BCUT2D eigenvalue weighted by molar-refractivity contribution is 5.76. The number of amides is 1. The van der Waals surface area contributed by atoms with Crippen molar-refractivity contribution in [2.24, 2.45) is 0 Å². The highest BCUT2D eigenvalue weighted by Crippen LogP contribution is 2.23. The summed E-state index contributed by atoms with van der Waals surface area (Å²) in [5.41, 5.74) is 0. The Morgan fingerprint density at radius 2 is 0.750 bits per heavy atom.